The molecule has 29 heavy (non-hydrogen) atoms. The molecule has 0 radical (unpaired) electrons. The summed E-state index contributed by atoms with van der Waals surface area (Å²) in [5, 5.41) is 6.99. The van der Waals surface area contributed by atoms with Crippen LogP contribution in [0, 0.1) is 0 Å². The van der Waals surface area contributed by atoms with Crippen LogP contribution in [0.2, 0.25) is 0 Å². The second-order valence-corrected chi connectivity index (χ2v) is 6.73. The molecular formula is C22H21N3O4. The van der Waals surface area contributed by atoms with Crippen LogP contribution in [0.5, 0.6) is 5.75 Å². The molecule has 1 atom stereocenters. The van der Waals surface area contributed by atoms with Crippen molar-refractivity contribution in [1.82, 2.24) is 9.78 Å². The first kappa shape index (κ1) is 18.9. The fourth-order valence-electron chi connectivity index (χ4n) is 3.11. The van der Waals surface area contributed by atoms with E-state index in [-0.39, 0.29) is 17.4 Å². The Bertz CT molecular complexity index is 1040. The normalized spacial score (nSPS) is 15.8. The lowest BCUT2D eigenvalue weighted by molar-refractivity contribution is 0.0680. The van der Waals surface area contributed by atoms with Gasteiger partial charge in [0.2, 0.25) is 0 Å². The van der Waals surface area contributed by atoms with Crippen molar-refractivity contribution in [2.24, 2.45) is 0 Å². The minimum absolute atomic E-state index is 0.122. The Morgan fingerprint density at radius 3 is 2.79 bits per heavy atom. The van der Waals surface area contributed by atoms with E-state index in [9.17, 15) is 9.59 Å². The number of anilines is 1. The molecule has 1 aromatic heterocycles. The molecule has 1 amide bonds. The predicted molar refractivity (Wildman–Crippen MR) is 109 cm³/mol. The molecule has 1 fully saturated rings. The predicted octanol–water partition coefficient (Wildman–Crippen LogP) is 3.04. The van der Waals surface area contributed by atoms with Crippen LogP contribution in [0.1, 0.15) is 23.3 Å². The first-order valence-corrected chi connectivity index (χ1v) is 9.51. The van der Waals surface area contributed by atoms with E-state index >= 15 is 0 Å². The number of nitrogens with one attached hydrogen (secondary N) is 1. The number of hydrogen-bond donors (Lipinski definition) is 1. The van der Waals surface area contributed by atoms with Gasteiger partial charge in [-0.3, -0.25) is 9.59 Å². The van der Waals surface area contributed by atoms with Gasteiger partial charge in [-0.15, -0.1) is 0 Å². The van der Waals surface area contributed by atoms with Gasteiger partial charge >= 0.3 is 0 Å². The maximum Gasteiger partial charge on any atom is 0.276 e. The standard InChI is InChI=1S/C22H21N3O4/c26-21-12-11-20(24-25(21)17-7-2-1-3-8-17)22(27)23-16-6-4-9-18(14-16)29-15-19-10-5-13-28-19/h1-4,6-9,11-12,14,19H,5,10,13,15H2,(H,23,27)/t19-/m1/s1. The molecule has 1 N–H and O–H groups in total. The van der Waals surface area contributed by atoms with E-state index in [0.717, 1.165) is 19.4 Å². The van der Waals surface area contributed by atoms with Crippen LogP contribution in [0.3, 0.4) is 0 Å². The molecule has 4 rings (SSSR count). The van der Waals surface area contributed by atoms with Gasteiger partial charge in [0.15, 0.2) is 0 Å². The molecule has 7 heteroatoms. The number of rotatable bonds is 6. The number of benzene rings is 2. The van der Waals surface area contributed by atoms with E-state index in [2.05, 4.69) is 10.4 Å². The van der Waals surface area contributed by atoms with Gasteiger partial charge in [-0.05, 0) is 43.2 Å². The van der Waals surface area contributed by atoms with Crippen LogP contribution in [-0.2, 0) is 4.74 Å². The van der Waals surface area contributed by atoms with Gasteiger partial charge in [0.05, 0.1) is 11.8 Å². The van der Waals surface area contributed by atoms with Crippen LogP contribution in [-0.4, -0.2) is 35.0 Å². The van der Waals surface area contributed by atoms with Crippen molar-refractivity contribution in [2.75, 3.05) is 18.5 Å². The molecule has 1 saturated heterocycles. The zero-order valence-electron chi connectivity index (χ0n) is 15.8. The van der Waals surface area contributed by atoms with Gasteiger partial charge in [0.1, 0.15) is 18.1 Å². The van der Waals surface area contributed by atoms with Gasteiger partial charge in [-0.1, -0.05) is 24.3 Å². The van der Waals surface area contributed by atoms with Gasteiger partial charge in [-0.25, -0.2) is 0 Å². The maximum absolute atomic E-state index is 12.6. The third kappa shape index (κ3) is 4.70. The second-order valence-electron chi connectivity index (χ2n) is 6.73. The summed E-state index contributed by atoms with van der Waals surface area (Å²) < 4.78 is 12.5. The summed E-state index contributed by atoms with van der Waals surface area (Å²) in [7, 11) is 0. The molecule has 0 saturated carbocycles. The van der Waals surface area contributed by atoms with E-state index in [0.29, 0.717) is 23.7 Å². The van der Waals surface area contributed by atoms with Gasteiger partial charge in [0.25, 0.3) is 11.5 Å². The highest BCUT2D eigenvalue weighted by atomic mass is 16.5. The third-order valence-electron chi connectivity index (χ3n) is 4.59. The number of ether oxygens (including phenoxy) is 2. The van der Waals surface area contributed by atoms with Crippen molar-refractivity contribution in [2.45, 2.75) is 18.9 Å². The smallest absolute Gasteiger partial charge is 0.276 e. The second kappa shape index (κ2) is 8.70. The van der Waals surface area contributed by atoms with Gasteiger partial charge in [0, 0.05) is 24.4 Å². The number of amides is 1. The van der Waals surface area contributed by atoms with Crippen molar-refractivity contribution in [3.05, 3.63) is 82.8 Å². The number of carbonyl (C=O) groups excluding carboxylic acids is 1. The molecule has 1 aliphatic rings. The molecule has 1 aliphatic heterocycles. The third-order valence-corrected chi connectivity index (χ3v) is 4.59. The Balaban J connectivity index is 1.47. The number of hydrogen-bond acceptors (Lipinski definition) is 5. The Hall–Kier alpha value is -3.45. The Labute approximate surface area is 167 Å². The fourth-order valence-corrected chi connectivity index (χ4v) is 3.11. The van der Waals surface area contributed by atoms with Crippen LogP contribution in [0.25, 0.3) is 5.69 Å². The van der Waals surface area contributed by atoms with E-state index in [1.807, 2.05) is 12.1 Å². The first-order chi connectivity index (χ1) is 14.2. The topological polar surface area (TPSA) is 82.5 Å². The molecule has 3 aromatic rings. The van der Waals surface area contributed by atoms with E-state index in [1.54, 1.807) is 42.5 Å². The summed E-state index contributed by atoms with van der Waals surface area (Å²) in [4.78, 5) is 24.8. The highest BCUT2D eigenvalue weighted by Crippen LogP contribution is 2.20. The quantitative estimate of drug-likeness (QED) is 0.698. The summed E-state index contributed by atoms with van der Waals surface area (Å²) in [5.74, 6) is 0.242. The minimum Gasteiger partial charge on any atom is -0.491 e. The molecule has 0 bridgehead atoms. The largest absolute Gasteiger partial charge is 0.491 e. The van der Waals surface area contributed by atoms with Crippen molar-refractivity contribution < 1.29 is 14.3 Å². The van der Waals surface area contributed by atoms with Crippen molar-refractivity contribution in [3.8, 4) is 11.4 Å². The number of para-hydroxylation sites is 1. The molecular weight excluding hydrogens is 370 g/mol. The van der Waals surface area contributed by atoms with Crippen molar-refractivity contribution >= 4 is 11.6 Å². The fraction of sp³-hybridized carbons (Fsp3) is 0.227. The van der Waals surface area contributed by atoms with Gasteiger partial charge in [-0.2, -0.15) is 9.78 Å². The van der Waals surface area contributed by atoms with Crippen LogP contribution in [0.4, 0.5) is 5.69 Å². The van der Waals surface area contributed by atoms with Gasteiger partial charge < -0.3 is 14.8 Å². The Morgan fingerprint density at radius 2 is 2.00 bits per heavy atom. The number of carbonyl (C=O) groups is 1. The van der Waals surface area contributed by atoms with Crippen LogP contribution >= 0.6 is 0 Å². The molecule has 0 aliphatic carbocycles. The van der Waals surface area contributed by atoms with Crippen molar-refractivity contribution in [3.63, 3.8) is 0 Å². The molecule has 7 nitrogen and oxygen atoms in total. The summed E-state index contributed by atoms with van der Waals surface area (Å²) in [5.41, 5.74) is 1.01. The van der Waals surface area contributed by atoms with Crippen molar-refractivity contribution in [1.29, 1.82) is 0 Å². The zero-order valence-corrected chi connectivity index (χ0v) is 15.8. The zero-order chi connectivity index (χ0) is 20.1. The Morgan fingerprint density at radius 1 is 1.14 bits per heavy atom. The summed E-state index contributed by atoms with van der Waals surface area (Å²) in [6.45, 7) is 1.27. The highest BCUT2D eigenvalue weighted by molar-refractivity contribution is 6.02. The van der Waals surface area contributed by atoms with E-state index < -0.39 is 5.91 Å². The molecule has 2 heterocycles. The molecule has 2 aromatic carbocycles. The highest BCUT2D eigenvalue weighted by Gasteiger charge is 2.16. The summed E-state index contributed by atoms with van der Waals surface area (Å²) in [6, 6.07) is 18.9. The van der Waals surface area contributed by atoms with E-state index in [4.69, 9.17) is 9.47 Å². The lowest BCUT2D eigenvalue weighted by atomic mass is 10.2. The summed E-state index contributed by atoms with van der Waals surface area (Å²) in [6.07, 6.45) is 2.18. The molecule has 0 unspecified atom stereocenters. The first-order valence-electron chi connectivity index (χ1n) is 9.51. The Kier molecular flexibility index (Phi) is 5.67. The number of nitrogens with zero attached hydrogens (tertiary/aromatic N) is 2. The van der Waals surface area contributed by atoms with Crippen LogP contribution < -0.4 is 15.6 Å². The van der Waals surface area contributed by atoms with Crippen LogP contribution in [0.15, 0.2) is 71.5 Å². The molecule has 0 spiro atoms. The minimum atomic E-state index is -0.411. The SMILES string of the molecule is O=C(Nc1cccc(OC[C@H]2CCCO2)c1)c1ccc(=O)n(-c2ccccc2)n1. The van der Waals surface area contributed by atoms with E-state index in [1.165, 1.54) is 16.8 Å². The average Bonchev–Trinajstić information content (AvgIpc) is 3.27. The summed E-state index contributed by atoms with van der Waals surface area (Å²) >= 11 is 0. The lowest BCUT2D eigenvalue weighted by Gasteiger charge is -2.12. The number of aromatic nitrogens is 2. The molecule has 148 valence electrons. The average molecular weight is 391 g/mol. The maximum atomic E-state index is 12.6. The lowest BCUT2D eigenvalue weighted by Crippen LogP contribution is -2.24. The monoisotopic (exact) mass is 391 g/mol.